The van der Waals surface area contributed by atoms with Gasteiger partial charge in [0.2, 0.25) is 0 Å². The normalized spacial score (nSPS) is 14.9. The number of ether oxygens (including phenoxy) is 1. The fourth-order valence-electron chi connectivity index (χ4n) is 1.38. The van der Waals surface area contributed by atoms with Gasteiger partial charge in [-0.05, 0) is 31.0 Å². The van der Waals surface area contributed by atoms with E-state index in [1.54, 1.807) is 0 Å². The molecule has 1 aliphatic heterocycles. The first-order chi connectivity index (χ1) is 6.77. The third-order valence-electron chi connectivity index (χ3n) is 2.41. The van der Waals surface area contributed by atoms with E-state index in [2.05, 4.69) is 30.2 Å². The fourth-order valence-corrected chi connectivity index (χ4v) is 1.38. The summed E-state index contributed by atoms with van der Waals surface area (Å²) in [5.74, 6) is 0.887. The van der Waals surface area contributed by atoms with Crippen molar-refractivity contribution in [3.63, 3.8) is 0 Å². The topological polar surface area (TPSA) is 33.6 Å². The number of hydrogen-bond acceptors (Lipinski definition) is 3. The van der Waals surface area contributed by atoms with Crippen LogP contribution in [-0.4, -0.2) is 19.1 Å². The molecular formula is C11H14N2O. The van der Waals surface area contributed by atoms with E-state index in [1.165, 1.54) is 11.1 Å². The van der Waals surface area contributed by atoms with Gasteiger partial charge in [0.05, 0.1) is 6.54 Å². The molecule has 0 saturated carbocycles. The fraction of sp³-hybridized carbons (Fsp3) is 0.364. The number of aliphatic imine (C=N–C) groups is 1. The van der Waals surface area contributed by atoms with Crippen molar-refractivity contribution < 1.29 is 4.74 Å². The number of rotatable bonds is 1. The maximum atomic E-state index is 5.63. The molecule has 0 atom stereocenters. The quantitative estimate of drug-likeness (QED) is 0.730. The van der Waals surface area contributed by atoms with Crippen LogP contribution in [0, 0.1) is 13.8 Å². The summed E-state index contributed by atoms with van der Waals surface area (Å²) < 4.78 is 5.63. The molecule has 0 aliphatic carbocycles. The van der Waals surface area contributed by atoms with Crippen molar-refractivity contribution in [1.29, 1.82) is 0 Å². The summed E-state index contributed by atoms with van der Waals surface area (Å²) in [6, 6.07) is 6.67. The standard InChI is InChI=1S/C11H14N2O/c1-8-4-3-5-10(9(8)2)14-11-12-6-7-13-11/h3-5H,6-7H2,1-2H3,(H,12,13). The molecule has 0 fully saturated rings. The molecule has 0 bridgehead atoms. The number of nitrogens with zero attached hydrogens (tertiary/aromatic N) is 1. The monoisotopic (exact) mass is 190 g/mol. The summed E-state index contributed by atoms with van der Waals surface area (Å²) in [6.45, 7) is 5.81. The molecule has 1 N–H and O–H groups in total. The van der Waals surface area contributed by atoms with Crippen molar-refractivity contribution in [2.24, 2.45) is 4.99 Å². The minimum atomic E-state index is 0.638. The van der Waals surface area contributed by atoms with Crippen LogP contribution in [0.4, 0.5) is 0 Å². The number of hydrogen-bond donors (Lipinski definition) is 1. The molecule has 3 heteroatoms. The minimum absolute atomic E-state index is 0.638. The first-order valence-corrected chi connectivity index (χ1v) is 4.80. The van der Waals surface area contributed by atoms with E-state index in [1.807, 2.05) is 12.1 Å². The second-order valence-corrected chi connectivity index (χ2v) is 3.41. The van der Waals surface area contributed by atoms with E-state index in [0.29, 0.717) is 6.02 Å². The number of nitrogens with one attached hydrogen (secondary N) is 1. The molecule has 0 saturated heterocycles. The van der Waals surface area contributed by atoms with Gasteiger partial charge in [0.15, 0.2) is 0 Å². The SMILES string of the molecule is Cc1cccc(OC2=NCCN2)c1C. The number of benzene rings is 1. The van der Waals surface area contributed by atoms with Crippen LogP contribution in [0.1, 0.15) is 11.1 Å². The van der Waals surface area contributed by atoms with Gasteiger partial charge in [-0.25, -0.2) is 4.99 Å². The maximum Gasteiger partial charge on any atom is 0.290 e. The lowest BCUT2D eigenvalue weighted by atomic mass is 10.1. The van der Waals surface area contributed by atoms with Crippen LogP contribution in [-0.2, 0) is 0 Å². The second kappa shape index (κ2) is 3.70. The van der Waals surface area contributed by atoms with Crippen LogP contribution in [0.25, 0.3) is 0 Å². The Balaban J connectivity index is 2.20. The lowest BCUT2D eigenvalue weighted by molar-refractivity contribution is 0.525. The third kappa shape index (κ3) is 1.71. The minimum Gasteiger partial charge on any atom is -0.426 e. The van der Waals surface area contributed by atoms with E-state index in [9.17, 15) is 0 Å². The van der Waals surface area contributed by atoms with Crippen LogP contribution in [0.15, 0.2) is 23.2 Å². The summed E-state index contributed by atoms with van der Waals surface area (Å²) in [5, 5.41) is 3.08. The van der Waals surface area contributed by atoms with Gasteiger partial charge in [-0.15, -0.1) is 0 Å². The van der Waals surface area contributed by atoms with Gasteiger partial charge in [0, 0.05) is 6.54 Å². The average molecular weight is 190 g/mol. The summed E-state index contributed by atoms with van der Waals surface area (Å²) in [5.41, 5.74) is 2.41. The highest BCUT2D eigenvalue weighted by Gasteiger charge is 2.09. The molecule has 3 nitrogen and oxygen atoms in total. The Morgan fingerprint density at radius 1 is 1.36 bits per heavy atom. The molecule has 0 unspecified atom stereocenters. The van der Waals surface area contributed by atoms with Gasteiger partial charge in [-0.3, -0.25) is 0 Å². The first-order valence-electron chi connectivity index (χ1n) is 4.80. The van der Waals surface area contributed by atoms with Crippen LogP contribution < -0.4 is 10.1 Å². The maximum absolute atomic E-state index is 5.63. The van der Waals surface area contributed by atoms with E-state index in [4.69, 9.17) is 4.74 Å². The molecule has 1 heterocycles. The average Bonchev–Trinajstić information content (AvgIpc) is 2.66. The molecule has 0 aromatic heterocycles. The predicted octanol–water partition coefficient (Wildman–Crippen LogP) is 1.64. The Kier molecular flexibility index (Phi) is 2.39. The van der Waals surface area contributed by atoms with E-state index in [0.717, 1.165) is 18.8 Å². The Hall–Kier alpha value is -1.51. The van der Waals surface area contributed by atoms with Crippen molar-refractivity contribution in [1.82, 2.24) is 5.32 Å². The van der Waals surface area contributed by atoms with Gasteiger partial charge >= 0.3 is 0 Å². The molecule has 2 rings (SSSR count). The van der Waals surface area contributed by atoms with Crippen molar-refractivity contribution in [2.45, 2.75) is 13.8 Å². The lowest BCUT2D eigenvalue weighted by Gasteiger charge is -2.09. The summed E-state index contributed by atoms with van der Waals surface area (Å²) in [4.78, 5) is 4.19. The van der Waals surface area contributed by atoms with Crippen molar-refractivity contribution >= 4 is 6.02 Å². The second-order valence-electron chi connectivity index (χ2n) is 3.41. The van der Waals surface area contributed by atoms with Gasteiger partial charge in [-0.1, -0.05) is 12.1 Å². The van der Waals surface area contributed by atoms with E-state index < -0.39 is 0 Å². The molecule has 1 aromatic rings. The van der Waals surface area contributed by atoms with Gasteiger partial charge in [-0.2, -0.15) is 0 Å². The predicted molar refractivity (Wildman–Crippen MR) is 56.8 cm³/mol. The lowest BCUT2D eigenvalue weighted by Crippen LogP contribution is -2.24. The van der Waals surface area contributed by atoms with Crippen LogP contribution in [0.3, 0.4) is 0 Å². The summed E-state index contributed by atoms with van der Waals surface area (Å²) in [6.07, 6.45) is 0. The zero-order chi connectivity index (χ0) is 9.97. The number of aryl methyl sites for hydroxylation is 1. The van der Waals surface area contributed by atoms with Crippen LogP contribution in [0.5, 0.6) is 5.75 Å². The van der Waals surface area contributed by atoms with Gasteiger partial charge in [0.25, 0.3) is 6.02 Å². The molecular weight excluding hydrogens is 176 g/mol. The highest BCUT2D eigenvalue weighted by atomic mass is 16.5. The van der Waals surface area contributed by atoms with E-state index >= 15 is 0 Å². The zero-order valence-corrected chi connectivity index (χ0v) is 8.50. The van der Waals surface area contributed by atoms with Crippen molar-refractivity contribution in [2.75, 3.05) is 13.1 Å². The first kappa shape index (κ1) is 9.06. The highest BCUT2D eigenvalue weighted by molar-refractivity contribution is 5.78. The largest absolute Gasteiger partial charge is 0.426 e. The third-order valence-corrected chi connectivity index (χ3v) is 2.41. The molecule has 0 spiro atoms. The van der Waals surface area contributed by atoms with Crippen molar-refractivity contribution in [3.05, 3.63) is 29.3 Å². The Morgan fingerprint density at radius 3 is 2.93 bits per heavy atom. The molecule has 74 valence electrons. The molecule has 14 heavy (non-hydrogen) atoms. The van der Waals surface area contributed by atoms with Crippen LogP contribution in [0.2, 0.25) is 0 Å². The van der Waals surface area contributed by atoms with Gasteiger partial charge < -0.3 is 10.1 Å². The number of amidine groups is 1. The van der Waals surface area contributed by atoms with Crippen LogP contribution >= 0.6 is 0 Å². The summed E-state index contributed by atoms with van der Waals surface area (Å²) in [7, 11) is 0. The zero-order valence-electron chi connectivity index (χ0n) is 8.50. The Morgan fingerprint density at radius 2 is 2.21 bits per heavy atom. The molecule has 1 aromatic carbocycles. The molecule has 1 aliphatic rings. The summed E-state index contributed by atoms with van der Waals surface area (Å²) >= 11 is 0. The molecule has 0 amide bonds. The van der Waals surface area contributed by atoms with E-state index in [-0.39, 0.29) is 0 Å². The molecule has 0 radical (unpaired) electrons. The van der Waals surface area contributed by atoms with Crippen molar-refractivity contribution in [3.8, 4) is 5.75 Å². The highest BCUT2D eigenvalue weighted by Crippen LogP contribution is 2.20. The Labute approximate surface area is 83.8 Å². The Bertz CT molecular complexity index is 372. The smallest absolute Gasteiger partial charge is 0.290 e. The van der Waals surface area contributed by atoms with Gasteiger partial charge in [0.1, 0.15) is 5.75 Å².